The van der Waals surface area contributed by atoms with Crippen LogP contribution in [-0.4, -0.2) is 28.9 Å². The molecule has 3 heteroatoms. The van der Waals surface area contributed by atoms with Crippen LogP contribution in [0.3, 0.4) is 0 Å². The summed E-state index contributed by atoms with van der Waals surface area (Å²) in [5.74, 6) is 0.0640. The molecule has 1 aromatic heterocycles. The van der Waals surface area contributed by atoms with Gasteiger partial charge in [-0.3, -0.25) is 4.79 Å². The summed E-state index contributed by atoms with van der Waals surface area (Å²) in [7, 11) is 0. The van der Waals surface area contributed by atoms with Crippen molar-refractivity contribution in [3.05, 3.63) is 108 Å². The highest BCUT2D eigenvalue weighted by Crippen LogP contribution is 2.28. The molecule has 0 radical (unpaired) electrons. The number of rotatable bonds is 3. The average Bonchev–Trinajstić information content (AvgIpc) is 2.84. The first kappa shape index (κ1) is 18.3. The van der Waals surface area contributed by atoms with E-state index in [0.717, 1.165) is 40.7 Å². The van der Waals surface area contributed by atoms with Gasteiger partial charge in [-0.05, 0) is 29.7 Å². The molecule has 0 aliphatic carbocycles. The Kier molecular flexibility index (Phi) is 4.86. The van der Waals surface area contributed by atoms with Gasteiger partial charge in [0.1, 0.15) is 0 Å². The van der Waals surface area contributed by atoms with Crippen molar-refractivity contribution in [3.8, 4) is 11.3 Å². The number of hydrogen-bond donors (Lipinski definition) is 0. The third-order valence-corrected chi connectivity index (χ3v) is 5.66. The van der Waals surface area contributed by atoms with Crippen LogP contribution in [0.1, 0.15) is 22.3 Å². The molecule has 146 valence electrons. The molecule has 0 atom stereocenters. The molecular formula is C27H22N2O. The van der Waals surface area contributed by atoms with Crippen molar-refractivity contribution in [1.82, 2.24) is 9.88 Å². The molecule has 1 amide bonds. The van der Waals surface area contributed by atoms with Crippen molar-refractivity contribution in [3.63, 3.8) is 0 Å². The zero-order valence-corrected chi connectivity index (χ0v) is 16.7. The normalized spacial score (nSPS) is 13.9. The molecular weight excluding hydrogens is 368 g/mol. The zero-order chi connectivity index (χ0) is 20.3. The van der Waals surface area contributed by atoms with Crippen LogP contribution in [0.4, 0.5) is 0 Å². The Bertz CT molecular complexity index is 1230. The maximum Gasteiger partial charge on any atom is 0.254 e. The second kappa shape index (κ2) is 7.96. The Labute approximate surface area is 176 Å². The highest BCUT2D eigenvalue weighted by atomic mass is 16.2. The first-order chi connectivity index (χ1) is 14.8. The molecule has 4 aromatic rings. The van der Waals surface area contributed by atoms with Crippen LogP contribution in [0, 0.1) is 0 Å². The number of benzene rings is 3. The molecule has 1 aliphatic heterocycles. The highest BCUT2D eigenvalue weighted by Gasteiger charge is 2.22. The van der Waals surface area contributed by atoms with E-state index in [1.54, 1.807) is 0 Å². The molecule has 30 heavy (non-hydrogen) atoms. The predicted molar refractivity (Wildman–Crippen MR) is 122 cm³/mol. The third kappa shape index (κ3) is 3.50. The second-order valence-electron chi connectivity index (χ2n) is 7.53. The van der Waals surface area contributed by atoms with Gasteiger partial charge in [0.25, 0.3) is 5.91 Å². The fourth-order valence-corrected chi connectivity index (χ4v) is 4.05. The van der Waals surface area contributed by atoms with Crippen LogP contribution < -0.4 is 0 Å². The van der Waals surface area contributed by atoms with E-state index in [1.807, 2.05) is 71.6 Å². The van der Waals surface area contributed by atoms with Crippen LogP contribution in [0.25, 0.3) is 27.7 Å². The Morgan fingerprint density at radius 2 is 1.47 bits per heavy atom. The number of pyridine rings is 1. The number of carbonyl (C=O) groups excluding carboxylic acids is 1. The van der Waals surface area contributed by atoms with E-state index < -0.39 is 0 Å². The minimum absolute atomic E-state index is 0.0640. The molecule has 5 rings (SSSR count). The fourth-order valence-electron chi connectivity index (χ4n) is 4.05. The van der Waals surface area contributed by atoms with Gasteiger partial charge in [0.2, 0.25) is 0 Å². The number of para-hydroxylation sites is 1. The predicted octanol–water partition coefficient (Wildman–Crippen LogP) is 5.83. The lowest BCUT2D eigenvalue weighted by Gasteiger charge is -2.27. The van der Waals surface area contributed by atoms with Crippen LogP contribution in [0.2, 0.25) is 0 Å². The molecule has 0 spiro atoms. The molecule has 0 N–H and O–H groups in total. The van der Waals surface area contributed by atoms with Crippen LogP contribution in [-0.2, 0) is 0 Å². The lowest BCUT2D eigenvalue weighted by Crippen LogP contribution is -2.34. The van der Waals surface area contributed by atoms with Crippen molar-refractivity contribution in [1.29, 1.82) is 0 Å². The number of fused-ring (bicyclic) bond motifs is 1. The molecule has 1 aliphatic rings. The average molecular weight is 390 g/mol. The van der Waals surface area contributed by atoms with Gasteiger partial charge in [0.05, 0.1) is 16.8 Å². The van der Waals surface area contributed by atoms with Gasteiger partial charge in [-0.2, -0.15) is 0 Å². The summed E-state index contributed by atoms with van der Waals surface area (Å²) >= 11 is 0. The standard InChI is InChI=1S/C27H22N2O/c30-27(29-17-15-21(16-18-29)20-9-3-1-4-10-20)24-19-26(22-11-5-2-6-12-22)28-25-14-8-7-13-23(24)25/h1-15,19H,16-18H2. The van der Waals surface area contributed by atoms with E-state index in [2.05, 4.69) is 30.3 Å². The first-order valence-corrected chi connectivity index (χ1v) is 10.3. The van der Waals surface area contributed by atoms with Gasteiger partial charge in [0.15, 0.2) is 0 Å². The minimum Gasteiger partial charge on any atom is -0.335 e. The molecule has 0 unspecified atom stereocenters. The molecule has 0 saturated heterocycles. The van der Waals surface area contributed by atoms with Gasteiger partial charge in [-0.25, -0.2) is 4.98 Å². The van der Waals surface area contributed by atoms with E-state index in [4.69, 9.17) is 4.98 Å². The summed E-state index contributed by atoms with van der Waals surface area (Å²) in [6.07, 6.45) is 3.04. The topological polar surface area (TPSA) is 33.2 Å². The SMILES string of the molecule is O=C(c1cc(-c2ccccc2)nc2ccccc12)N1CC=C(c2ccccc2)CC1. The summed E-state index contributed by atoms with van der Waals surface area (Å²) in [6.45, 7) is 1.34. The van der Waals surface area contributed by atoms with Crippen molar-refractivity contribution in [2.24, 2.45) is 0 Å². The number of carbonyl (C=O) groups is 1. The number of nitrogens with zero attached hydrogens (tertiary/aromatic N) is 2. The lowest BCUT2D eigenvalue weighted by atomic mass is 9.98. The summed E-state index contributed by atoms with van der Waals surface area (Å²) in [4.78, 5) is 20.2. The maximum absolute atomic E-state index is 13.5. The van der Waals surface area contributed by atoms with Crippen LogP contribution >= 0.6 is 0 Å². The molecule has 3 nitrogen and oxygen atoms in total. The van der Waals surface area contributed by atoms with E-state index in [-0.39, 0.29) is 5.91 Å². The Morgan fingerprint density at radius 1 is 0.800 bits per heavy atom. The summed E-state index contributed by atoms with van der Waals surface area (Å²) in [6, 6.07) is 30.3. The smallest absolute Gasteiger partial charge is 0.254 e. The van der Waals surface area contributed by atoms with Crippen molar-refractivity contribution in [2.75, 3.05) is 13.1 Å². The van der Waals surface area contributed by atoms with E-state index >= 15 is 0 Å². The largest absolute Gasteiger partial charge is 0.335 e. The first-order valence-electron chi connectivity index (χ1n) is 10.3. The van der Waals surface area contributed by atoms with E-state index in [9.17, 15) is 4.79 Å². The van der Waals surface area contributed by atoms with Crippen molar-refractivity contribution < 1.29 is 4.79 Å². The van der Waals surface area contributed by atoms with Crippen molar-refractivity contribution in [2.45, 2.75) is 6.42 Å². The zero-order valence-electron chi connectivity index (χ0n) is 16.7. The summed E-state index contributed by atoms with van der Waals surface area (Å²) in [5.41, 5.74) is 5.96. The molecule has 0 fully saturated rings. The van der Waals surface area contributed by atoms with Crippen LogP contribution in [0.15, 0.2) is 97.1 Å². The highest BCUT2D eigenvalue weighted by molar-refractivity contribution is 6.07. The van der Waals surface area contributed by atoms with Gasteiger partial charge in [-0.15, -0.1) is 0 Å². The fraction of sp³-hybridized carbons (Fsp3) is 0.111. The van der Waals surface area contributed by atoms with Crippen molar-refractivity contribution >= 4 is 22.4 Å². The van der Waals surface area contributed by atoms with Gasteiger partial charge < -0.3 is 4.90 Å². The summed E-state index contributed by atoms with van der Waals surface area (Å²) in [5, 5.41) is 0.903. The maximum atomic E-state index is 13.5. The molecule has 3 aromatic carbocycles. The second-order valence-corrected chi connectivity index (χ2v) is 7.53. The van der Waals surface area contributed by atoms with Crippen LogP contribution in [0.5, 0.6) is 0 Å². The van der Waals surface area contributed by atoms with Gasteiger partial charge in [-0.1, -0.05) is 84.9 Å². The molecule has 0 bridgehead atoms. The monoisotopic (exact) mass is 390 g/mol. The number of amides is 1. The third-order valence-electron chi connectivity index (χ3n) is 5.66. The van der Waals surface area contributed by atoms with Gasteiger partial charge >= 0.3 is 0 Å². The molecule has 2 heterocycles. The van der Waals surface area contributed by atoms with E-state index in [0.29, 0.717) is 6.54 Å². The Balaban J connectivity index is 1.50. The quantitative estimate of drug-likeness (QED) is 0.441. The van der Waals surface area contributed by atoms with Gasteiger partial charge in [0, 0.05) is 24.0 Å². The Morgan fingerprint density at radius 3 is 2.17 bits per heavy atom. The van der Waals surface area contributed by atoms with E-state index in [1.165, 1.54) is 11.1 Å². The summed E-state index contributed by atoms with van der Waals surface area (Å²) < 4.78 is 0. The Hall–Kier alpha value is -3.72. The lowest BCUT2D eigenvalue weighted by molar-refractivity contribution is 0.0775. The molecule has 0 saturated carbocycles. The number of hydrogen-bond acceptors (Lipinski definition) is 2. The minimum atomic E-state index is 0.0640. The number of aromatic nitrogens is 1.